The maximum atomic E-state index is 11.4. The molecule has 10 nitrogen and oxygen atoms in total. The minimum Gasteiger partial charge on any atom is -0.482 e. The highest BCUT2D eigenvalue weighted by Gasteiger charge is 2.20. The maximum Gasteiger partial charge on any atom is 0.311 e. The average Bonchev–Trinajstić information content (AvgIpc) is 3.21. The molecule has 0 radical (unpaired) electrons. The second-order valence-electron chi connectivity index (χ2n) is 5.37. The number of nitro groups is 1. The van der Waals surface area contributed by atoms with Crippen molar-refractivity contribution < 1.29 is 19.0 Å². The number of benzene rings is 2. The number of nitriles is 1. The third-order valence-corrected chi connectivity index (χ3v) is 3.57. The Morgan fingerprint density at radius 1 is 1.32 bits per heavy atom. The molecule has 0 aliphatic rings. The zero-order valence-corrected chi connectivity index (χ0v) is 14.6. The van der Waals surface area contributed by atoms with E-state index < -0.39 is 4.92 Å². The molecule has 0 atom stereocenters. The van der Waals surface area contributed by atoms with E-state index in [9.17, 15) is 10.1 Å². The van der Waals surface area contributed by atoms with Gasteiger partial charge < -0.3 is 14.1 Å². The van der Waals surface area contributed by atoms with E-state index in [1.54, 1.807) is 12.1 Å². The third kappa shape index (κ3) is 4.10. The molecule has 140 valence electrons. The molecule has 0 N–H and O–H groups in total. The van der Waals surface area contributed by atoms with Gasteiger partial charge in [-0.25, -0.2) is 0 Å². The Morgan fingerprint density at radius 3 is 2.79 bits per heavy atom. The highest BCUT2D eigenvalue weighted by atomic mass is 16.6. The van der Waals surface area contributed by atoms with Crippen LogP contribution >= 0.6 is 0 Å². The normalized spacial score (nSPS) is 10.9. The van der Waals surface area contributed by atoms with Crippen LogP contribution in [0, 0.1) is 21.4 Å². The summed E-state index contributed by atoms with van der Waals surface area (Å²) >= 11 is 0. The third-order valence-electron chi connectivity index (χ3n) is 3.57. The molecule has 0 bridgehead atoms. The van der Waals surface area contributed by atoms with Crippen LogP contribution in [0.3, 0.4) is 0 Å². The van der Waals surface area contributed by atoms with E-state index in [0.717, 1.165) is 5.56 Å². The van der Waals surface area contributed by atoms with Gasteiger partial charge in [0.05, 0.1) is 4.92 Å². The smallest absolute Gasteiger partial charge is 0.311 e. The van der Waals surface area contributed by atoms with Gasteiger partial charge in [0.1, 0.15) is 19.8 Å². The fourth-order valence-electron chi connectivity index (χ4n) is 2.29. The number of nitrogens with zero attached hydrogens (tertiary/aromatic N) is 5. The first-order valence-corrected chi connectivity index (χ1v) is 7.93. The van der Waals surface area contributed by atoms with Crippen LogP contribution < -0.4 is 4.74 Å². The van der Waals surface area contributed by atoms with Crippen molar-refractivity contribution in [2.75, 3.05) is 7.11 Å². The SMILES string of the molecule is CON=C(C#N)c1nc(-c2ccc(OCc3ccccc3)c([N+](=O)[O-])c2)no1. The van der Waals surface area contributed by atoms with Crippen LogP contribution in [-0.2, 0) is 11.4 Å². The quantitative estimate of drug-likeness (QED) is 0.347. The number of aromatic nitrogens is 2. The lowest BCUT2D eigenvalue weighted by atomic mass is 10.1. The van der Waals surface area contributed by atoms with Crippen molar-refractivity contribution in [2.24, 2.45) is 5.16 Å². The zero-order valence-electron chi connectivity index (χ0n) is 14.6. The van der Waals surface area contributed by atoms with E-state index >= 15 is 0 Å². The van der Waals surface area contributed by atoms with E-state index in [-0.39, 0.29) is 35.5 Å². The maximum absolute atomic E-state index is 11.4. The summed E-state index contributed by atoms with van der Waals surface area (Å²) < 4.78 is 10.5. The lowest BCUT2D eigenvalue weighted by Crippen LogP contribution is -2.00. The molecule has 0 fully saturated rings. The number of hydrogen-bond acceptors (Lipinski definition) is 9. The number of nitro benzene ring substituents is 1. The van der Waals surface area contributed by atoms with Crippen LogP contribution in [0.4, 0.5) is 5.69 Å². The number of ether oxygens (including phenoxy) is 1. The first kappa shape index (κ1) is 18.5. The number of rotatable bonds is 7. The summed E-state index contributed by atoms with van der Waals surface area (Å²) in [7, 11) is 1.27. The molecule has 28 heavy (non-hydrogen) atoms. The molecule has 2 aromatic carbocycles. The molecule has 0 spiro atoms. The van der Waals surface area contributed by atoms with Gasteiger partial charge in [-0.05, 0) is 17.7 Å². The van der Waals surface area contributed by atoms with Gasteiger partial charge >= 0.3 is 5.69 Å². The minimum atomic E-state index is -0.558. The van der Waals surface area contributed by atoms with Crippen LogP contribution in [0.15, 0.2) is 58.2 Å². The first-order valence-electron chi connectivity index (χ1n) is 7.93. The molecule has 10 heteroatoms. The van der Waals surface area contributed by atoms with Crippen LogP contribution in [0.5, 0.6) is 5.75 Å². The van der Waals surface area contributed by atoms with Gasteiger partial charge in [0.25, 0.3) is 5.89 Å². The van der Waals surface area contributed by atoms with Gasteiger partial charge in [0.15, 0.2) is 5.75 Å². The molecular formula is C18H13N5O5. The Hall–Kier alpha value is -4.26. The molecule has 0 saturated heterocycles. The predicted molar refractivity (Wildman–Crippen MR) is 96.3 cm³/mol. The molecule has 0 aliphatic carbocycles. The molecule has 0 unspecified atom stereocenters. The van der Waals surface area contributed by atoms with Crippen molar-refractivity contribution in [3.05, 3.63) is 70.1 Å². The fourth-order valence-corrected chi connectivity index (χ4v) is 2.29. The van der Waals surface area contributed by atoms with Crippen molar-refractivity contribution in [1.29, 1.82) is 5.26 Å². The minimum absolute atomic E-state index is 0.0618. The van der Waals surface area contributed by atoms with E-state index in [0.29, 0.717) is 5.56 Å². The molecule has 0 saturated carbocycles. The highest BCUT2D eigenvalue weighted by molar-refractivity contribution is 6.08. The predicted octanol–water partition coefficient (Wildman–Crippen LogP) is 3.10. The summed E-state index contributed by atoms with van der Waals surface area (Å²) in [5, 5.41) is 27.6. The van der Waals surface area contributed by atoms with Crippen molar-refractivity contribution in [2.45, 2.75) is 6.61 Å². The van der Waals surface area contributed by atoms with E-state index in [1.165, 1.54) is 19.2 Å². The van der Waals surface area contributed by atoms with Gasteiger partial charge in [-0.3, -0.25) is 10.1 Å². The Bertz CT molecular complexity index is 1060. The summed E-state index contributed by atoms with van der Waals surface area (Å²) in [5.41, 5.74) is 0.748. The second-order valence-corrected chi connectivity index (χ2v) is 5.37. The summed E-state index contributed by atoms with van der Waals surface area (Å²) in [6.45, 7) is 0.187. The lowest BCUT2D eigenvalue weighted by Gasteiger charge is -2.07. The molecule has 0 aliphatic heterocycles. The van der Waals surface area contributed by atoms with Gasteiger partial charge in [0, 0.05) is 11.6 Å². The Balaban J connectivity index is 1.87. The summed E-state index contributed by atoms with van der Waals surface area (Å²) in [6.07, 6.45) is 0. The van der Waals surface area contributed by atoms with Crippen molar-refractivity contribution >= 4 is 11.4 Å². The lowest BCUT2D eigenvalue weighted by molar-refractivity contribution is -0.385. The van der Waals surface area contributed by atoms with Crippen LogP contribution in [-0.4, -0.2) is 27.9 Å². The zero-order chi connectivity index (χ0) is 19.9. The summed E-state index contributed by atoms with van der Waals surface area (Å²) in [6, 6.07) is 15.3. The van der Waals surface area contributed by atoms with Crippen LogP contribution in [0.1, 0.15) is 11.5 Å². The average molecular weight is 379 g/mol. The largest absolute Gasteiger partial charge is 0.482 e. The highest BCUT2D eigenvalue weighted by Crippen LogP contribution is 2.32. The molecule has 1 aromatic heterocycles. The Morgan fingerprint density at radius 2 is 2.11 bits per heavy atom. The standard InChI is InChI=1S/C18H13N5O5/c1-26-21-14(10-19)18-20-17(22-28-18)13-7-8-16(15(9-13)23(24)25)27-11-12-5-3-2-4-6-12/h2-9H,11H2,1H3. The Labute approximate surface area is 158 Å². The first-order chi connectivity index (χ1) is 13.6. The van der Waals surface area contributed by atoms with Gasteiger partial charge in [-0.1, -0.05) is 40.6 Å². The van der Waals surface area contributed by atoms with Crippen molar-refractivity contribution in [3.8, 4) is 23.2 Å². The fraction of sp³-hybridized carbons (Fsp3) is 0.111. The Kier molecular flexibility index (Phi) is 5.57. The second kappa shape index (κ2) is 8.41. The summed E-state index contributed by atoms with van der Waals surface area (Å²) in [4.78, 5) is 19.4. The van der Waals surface area contributed by atoms with E-state index in [1.807, 2.05) is 30.3 Å². The van der Waals surface area contributed by atoms with Gasteiger partial charge in [-0.2, -0.15) is 10.2 Å². The van der Waals surface area contributed by atoms with Gasteiger partial charge in [0.2, 0.25) is 11.5 Å². The van der Waals surface area contributed by atoms with E-state index in [4.69, 9.17) is 14.5 Å². The van der Waals surface area contributed by atoms with E-state index in [2.05, 4.69) is 20.1 Å². The van der Waals surface area contributed by atoms with Crippen LogP contribution in [0.2, 0.25) is 0 Å². The molecule has 3 aromatic rings. The summed E-state index contributed by atoms with van der Waals surface area (Å²) in [5.74, 6) is 0.0122. The topological polar surface area (TPSA) is 137 Å². The molecule has 0 amide bonds. The monoisotopic (exact) mass is 379 g/mol. The van der Waals surface area contributed by atoms with Gasteiger partial charge in [-0.15, -0.1) is 0 Å². The molecule has 1 heterocycles. The number of hydrogen-bond donors (Lipinski definition) is 0. The molecular weight excluding hydrogens is 366 g/mol. The number of oxime groups is 1. The van der Waals surface area contributed by atoms with Crippen molar-refractivity contribution in [1.82, 2.24) is 10.1 Å². The van der Waals surface area contributed by atoms with Crippen LogP contribution in [0.25, 0.3) is 11.4 Å². The van der Waals surface area contributed by atoms with Crippen molar-refractivity contribution in [3.63, 3.8) is 0 Å². The molecule has 3 rings (SSSR count).